The van der Waals surface area contributed by atoms with Crippen LogP contribution in [0.4, 0.5) is 5.69 Å². The van der Waals surface area contributed by atoms with E-state index >= 15 is 0 Å². The van der Waals surface area contributed by atoms with Gasteiger partial charge in [0.15, 0.2) is 0 Å². The largest absolute Gasteiger partial charge is 0.349 e. The third kappa shape index (κ3) is 3.44. The van der Waals surface area contributed by atoms with Crippen molar-refractivity contribution in [1.29, 1.82) is 0 Å². The van der Waals surface area contributed by atoms with E-state index in [0.29, 0.717) is 22.2 Å². The van der Waals surface area contributed by atoms with Crippen LogP contribution in [0.3, 0.4) is 0 Å². The zero-order chi connectivity index (χ0) is 14.5. The van der Waals surface area contributed by atoms with Gasteiger partial charge in [0.05, 0.1) is 11.3 Å². The highest BCUT2D eigenvalue weighted by Crippen LogP contribution is 2.28. The summed E-state index contributed by atoms with van der Waals surface area (Å²) in [5.74, 6) is 5.92. The van der Waals surface area contributed by atoms with E-state index in [1.54, 1.807) is 18.2 Å². The predicted octanol–water partition coefficient (Wildman–Crippen LogP) is 3.32. The summed E-state index contributed by atoms with van der Waals surface area (Å²) in [7, 11) is 0. The number of hydrazine groups is 1. The third-order valence-electron chi connectivity index (χ3n) is 4.13. The summed E-state index contributed by atoms with van der Waals surface area (Å²) in [5, 5.41) is 3.68. The van der Waals surface area contributed by atoms with E-state index in [0.717, 1.165) is 12.8 Å². The molecule has 2 rings (SSSR count). The number of rotatable bonds is 4. The van der Waals surface area contributed by atoms with Crippen molar-refractivity contribution < 1.29 is 4.79 Å². The molecular weight excluding hydrogens is 274 g/mol. The van der Waals surface area contributed by atoms with Crippen LogP contribution in [0, 0.1) is 5.92 Å². The van der Waals surface area contributed by atoms with Gasteiger partial charge in [0.2, 0.25) is 0 Å². The number of nitrogens with one attached hydrogen (secondary N) is 2. The fraction of sp³-hybridized carbons (Fsp3) is 0.533. The Hall–Kier alpha value is -1.26. The summed E-state index contributed by atoms with van der Waals surface area (Å²) >= 11 is 5.97. The fourth-order valence-corrected chi connectivity index (χ4v) is 3.13. The Balaban J connectivity index is 2.13. The lowest BCUT2D eigenvalue weighted by molar-refractivity contribution is 0.0905. The first kappa shape index (κ1) is 15.1. The van der Waals surface area contributed by atoms with Gasteiger partial charge in [-0.3, -0.25) is 10.6 Å². The van der Waals surface area contributed by atoms with Gasteiger partial charge in [-0.2, -0.15) is 0 Å². The molecule has 0 aliphatic heterocycles. The van der Waals surface area contributed by atoms with Crippen molar-refractivity contribution >= 4 is 23.2 Å². The number of nitrogens with two attached hydrogens (primary N) is 1. The summed E-state index contributed by atoms with van der Waals surface area (Å²) < 4.78 is 0. The van der Waals surface area contributed by atoms with E-state index in [2.05, 4.69) is 17.7 Å². The van der Waals surface area contributed by atoms with Gasteiger partial charge in [-0.15, -0.1) is 0 Å². The standard InChI is InChI=1S/C15H22ClN3O/c1-2-10-5-3-4-6-13(10)18-15(20)12-9-11(16)7-8-14(12)19-17/h7-10,13,19H,2-6,17H2,1H3,(H,18,20). The first-order valence-corrected chi connectivity index (χ1v) is 7.60. The maximum absolute atomic E-state index is 12.4. The average Bonchev–Trinajstić information content (AvgIpc) is 2.47. The van der Waals surface area contributed by atoms with Crippen LogP contribution in [0.15, 0.2) is 18.2 Å². The number of hydrogen-bond donors (Lipinski definition) is 3. The molecular formula is C15H22ClN3O. The average molecular weight is 296 g/mol. The number of carbonyl (C=O) groups is 1. The zero-order valence-electron chi connectivity index (χ0n) is 11.8. The highest BCUT2D eigenvalue weighted by molar-refractivity contribution is 6.31. The molecule has 0 aromatic heterocycles. The number of halogens is 1. The molecule has 20 heavy (non-hydrogen) atoms. The van der Waals surface area contributed by atoms with E-state index in [-0.39, 0.29) is 11.9 Å². The molecule has 0 radical (unpaired) electrons. The van der Waals surface area contributed by atoms with Gasteiger partial charge in [0.25, 0.3) is 5.91 Å². The molecule has 4 nitrogen and oxygen atoms in total. The van der Waals surface area contributed by atoms with Crippen LogP contribution in [-0.4, -0.2) is 11.9 Å². The van der Waals surface area contributed by atoms with E-state index in [1.165, 1.54) is 19.3 Å². The maximum atomic E-state index is 12.4. The molecule has 1 amide bonds. The smallest absolute Gasteiger partial charge is 0.253 e. The van der Waals surface area contributed by atoms with Gasteiger partial charge in [0.1, 0.15) is 0 Å². The summed E-state index contributed by atoms with van der Waals surface area (Å²) in [5.41, 5.74) is 3.64. The number of hydrogen-bond acceptors (Lipinski definition) is 3. The van der Waals surface area contributed by atoms with E-state index < -0.39 is 0 Å². The molecule has 0 bridgehead atoms. The number of benzene rings is 1. The number of amides is 1. The third-order valence-corrected chi connectivity index (χ3v) is 4.37. The van der Waals surface area contributed by atoms with Crippen molar-refractivity contribution in [2.75, 3.05) is 5.43 Å². The van der Waals surface area contributed by atoms with Gasteiger partial charge in [-0.25, -0.2) is 0 Å². The first-order chi connectivity index (χ1) is 9.65. The van der Waals surface area contributed by atoms with Crippen molar-refractivity contribution in [3.05, 3.63) is 28.8 Å². The second-order valence-corrected chi connectivity index (χ2v) is 5.80. The molecule has 5 heteroatoms. The molecule has 1 fully saturated rings. The molecule has 2 unspecified atom stereocenters. The van der Waals surface area contributed by atoms with Gasteiger partial charge >= 0.3 is 0 Å². The van der Waals surface area contributed by atoms with Crippen LogP contribution in [0.5, 0.6) is 0 Å². The van der Waals surface area contributed by atoms with Crippen LogP contribution in [-0.2, 0) is 0 Å². The van der Waals surface area contributed by atoms with Crippen LogP contribution in [0.25, 0.3) is 0 Å². The van der Waals surface area contributed by atoms with Crippen LogP contribution < -0.4 is 16.6 Å². The predicted molar refractivity (Wildman–Crippen MR) is 82.8 cm³/mol. The Bertz CT molecular complexity index is 478. The molecule has 2 atom stereocenters. The summed E-state index contributed by atoms with van der Waals surface area (Å²) in [4.78, 5) is 12.4. The van der Waals surface area contributed by atoms with Crippen molar-refractivity contribution in [2.45, 2.75) is 45.1 Å². The van der Waals surface area contributed by atoms with Crippen LogP contribution >= 0.6 is 11.6 Å². The zero-order valence-corrected chi connectivity index (χ0v) is 12.5. The molecule has 0 spiro atoms. The lowest BCUT2D eigenvalue weighted by atomic mass is 9.83. The van der Waals surface area contributed by atoms with Crippen molar-refractivity contribution in [3.8, 4) is 0 Å². The summed E-state index contributed by atoms with van der Waals surface area (Å²) in [6.45, 7) is 2.18. The number of nitrogen functional groups attached to an aromatic ring is 1. The normalized spacial score (nSPS) is 22.4. The van der Waals surface area contributed by atoms with Gasteiger partial charge in [-0.05, 0) is 37.0 Å². The molecule has 1 aromatic rings. The van der Waals surface area contributed by atoms with Crippen molar-refractivity contribution in [1.82, 2.24) is 5.32 Å². The molecule has 110 valence electrons. The minimum atomic E-state index is -0.106. The minimum Gasteiger partial charge on any atom is -0.349 e. The molecule has 1 aliphatic rings. The highest BCUT2D eigenvalue weighted by Gasteiger charge is 2.26. The van der Waals surface area contributed by atoms with Crippen LogP contribution in [0.2, 0.25) is 5.02 Å². The van der Waals surface area contributed by atoms with Crippen LogP contribution in [0.1, 0.15) is 49.4 Å². The Kier molecular flexibility index (Phi) is 5.26. The Morgan fingerprint density at radius 3 is 2.85 bits per heavy atom. The maximum Gasteiger partial charge on any atom is 0.253 e. The lowest BCUT2D eigenvalue weighted by Crippen LogP contribution is -2.42. The monoisotopic (exact) mass is 295 g/mol. The SMILES string of the molecule is CCC1CCCCC1NC(=O)c1cc(Cl)ccc1NN. The first-order valence-electron chi connectivity index (χ1n) is 7.22. The highest BCUT2D eigenvalue weighted by atomic mass is 35.5. The summed E-state index contributed by atoms with van der Waals surface area (Å²) in [6.07, 6.45) is 5.79. The number of anilines is 1. The molecule has 4 N–H and O–H groups in total. The quantitative estimate of drug-likeness (QED) is 0.589. The second kappa shape index (κ2) is 6.95. The topological polar surface area (TPSA) is 67.2 Å². The van der Waals surface area contributed by atoms with Crippen molar-refractivity contribution in [2.24, 2.45) is 11.8 Å². The lowest BCUT2D eigenvalue weighted by Gasteiger charge is -2.31. The summed E-state index contributed by atoms with van der Waals surface area (Å²) in [6, 6.07) is 5.33. The minimum absolute atomic E-state index is 0.106. The van der Waals surface area contributed by atoms with E-state index in [9.17, 15) is 4.79 Å². The molecule has 1 aromatic carbocycles. The Morgan fingerprint density at radius 1 is 1.40 bits per heavy atom. The van der Waals surface area contributed by atoms with Gasteiger partial charge < -0.3 is 10.7 Å². The van der Waals surface area contributed by atoms with E-state index in [4.69, 9.17) is 17.4 Å². The molecule has 0 heterocycles. The fourth-order valence-electron chi connectivity index (χ4n) is 2.96. The molecule has 0 saturated heterocycles. The molecule has 1 aliphatic carbocycles. The van der Waals surface area contributed by atoms with Gasteiger partial charge in [-0.1, -0.05) is 37.8 Å². The second-order valence-electron chi connectivity index (χ2n) is 5.37. The van der Waals surface area contributed by atoms with Crippen molar-refractivity contribution in [3.63, 3.8) is 0 Å². The van der Waals surface area contributed by atoms with E-state index in [1.807, 2.05) is 0 Å². The molecule has 1 saturated carbocycles. The Morgan fingerprint density at radius 2 is 2.15 bits per heavy atom. The number of carbonyl (C=O) groups excluding carboxylic acids is 1. The Labute approximate surface area is 125 Å². The van der Waals surface area contributed by atoms with Gasteiger partial charge in [0, 0.05) is 11.1 Å².